The van der Waals surface area contributed by atoms with Gasteiger partial charge >= 0.3 is 12.1 Å². The zero-order valence-electron chi connectivity index (χ0n) is 19.3. The second-order valence-electron chi connectivity index (χ2n) is 9.39. The lowest BCUT2D eigenvalue weighted by Crippen LogP contribution is -2.46. The number of amides is 1. The molecule has 0 aliphatic heterocycles. The van der Waals surface area contributed by atoms with E-state index in [2.05, 4.69) is 32.9 Å². The molecule has 5 heteroatoms. The third-order valence-electron chi connectivity index (χ3n) is 4.75. The van der Waals surface area contributed by atoms with Crippen LogP contribution in [0.5, 0.6) is 0 Å². The monoisotopic (exact) mass is 411 g/mol. The number of benzene rings is 2. The average Bonchev–Trinajstić information content (AvgIpc) is 2.66. The number of esters is 1. The highest BCUT2D eigenvalue weighted by atomic mass is 16.6. The van der Waals surface area contributed by atoms with Crippen molar-refractivity contribution in [2.24, 2.45) is 0 Å². The van der Waals surface area contributed by atoms with Gasteiger partial charge in [-0.25, -0.2) is 9.59 Å². The fourth-order valence-electron chi connectivity index (χ4n) is 3.13. The molecule has 2 aromatic rings. The van der Waals surface area contributed by atoms with Crippen LogP contribution in [0.4, 0.5) is 10.5 Å². The summed E-state index contributed by atoms with van der Waals surface area (Å²) < 4.78 is 10.5. The molecule has 1 amide bonds. The molecule has 0 N–H and O–H groups in total. The predicted molar refractivity (Wildman–Crippen MR) is 121 cm³/mol. The number of anilines is 1. The van der Waals surface area contributed by atoms with Gasteiger partial charge in [0.05, 0.1) is 12.8 Å². The molecule has 0 aliphatic carbocycles. The molecule has 2 aromatic carbocycles. The van der Waals surface area contributed by atoms with Gasteiger partial charge in [0.15, 0.2) is 0 Å². The third kappa shape index (κ3) is 5.62. The first-order valence-electron chi connectivity index (χ1n) is 10.1. The third-order valence-corrected chi connectivity index (χ3v) is 4.75. The molecule has 5 nitrogen and oxygen atoms in total. The van der Waals surface area contributed by atoms with Gasteiger partial charge in [-0.15, -0.1) is 0 Å². The van der Waals surface area contributed by atoms with Crippen molar-refractivity contribution in [2.75, 3.05) is 12.0 Å². The number of para-hydroxylation sites is 1. The summed E-state index contributed by atoms with van der Waals surface area (Å²) in [6, 6.07) is 14.9. The minimum atomic E-state index is -0.847. The second kappa shape index (κ2) is 8.90. The number of carbonyl (C=O) groups is 2. The molecule has 0 aromatic heterocycles. The number of carbonyl (C=O) groups excluding carboxylic acids is 2. The van der Waals surface area contributed by atoms with E-state index in [0.29, 0.717) is 5.69 Å². The molecule has 2 rings (SSSR count). The zero-order chi connectivity index (χ0) is 22.7. The lowest BCUT2D eigenvalue weighted by Gasteiger charge is -2.31. The summed E-state index contributed by atoms with van der Waals surface area (Å²) in [6.45, 7) is 13.5. The molecular weight excluding hydrogens is 378 g/mol. The van der Waals surface area contributed by atoms with E-state index in [1.165, 1.54) is 17.6 Å². The van der Waals surface area contributed by atoms with Crippen LogP contribution in [-0.2, 0) is 19.7 Å². The van der Waals surface area contributed by atoms with Crippen molar-refractivity contribution >= 4 is 17.7 Å². The Morgan fingerprint density at radius 3 is 1.97 bits per heavy atom. The molecule has 0 radical (unpaired) electrons. The molecule has 30 heavy (non-hydrogen) atoms. The maximum atomic E-state index is 13.1. The Kier molecular flexibility index (Phi) is 6.96. The Bertz CT molecular complexity index is 889. The van der Waals surface area contributed by atoms with Crippen LogP contribution >= 0.6 is 0 Å². The first-order chi connectivity index (χ1) is 13.8. The lowest BCUT2D eigenvalue weighted by molar-refractivity contribution is -0.141. The van der Waals surface area contributed by atoms with Gasteiger partial charge in [-0.05, 0) is 50.3 Å². The van der Waals surface area contributed by atoms with Crippen molar-refractivity contribution in [2.45, 2.75) is 65.5 Å². The van der Waals surface area contributed by atoms with Crippen LogP contribution in [0.25, 0.3) is 11.1 Å². The Balaban J connectivity index is 2.57. The number of rotatable bonds is 4. The highest BCUT2D eigenvalue weighted by Gasteiger charge is 2.33. The normalized spacial score (nSPS) is 12.8. The van der Waals surface area contributed by atoms with Gasteiger partial charge in [-0.3, -0.25) is 4.90 Å². The van der Waals surface area contributed by atoms with E-state index in [1.807, 2.05) is 36.4 Å². The second-order valence-corrected chi connectivity index (χ2v) is 9.39. The number of ether oxygens (including phenoxy) is 2. The Morgan fingerprint density at radius 1 is 0.900 bits per heavy atom. The molecule has 0 aliphatic rings. The number of methoxy groups -OCH3 is 1. The quantitative estimate of drug-likeness (QED) is 0.583. The van der Waals surface area contributed by atoms with Crippen molar-refractivity contribution in [3.05, 3.63) is 54.1 Å². The minimum Gasteiger partial charge on any atom is -0.467 e. The molecule has 0 fully saturated rings. The largest absolute Gasteiger partial charge is 0.467 e. The van der Waals surface area contributed by atoms with Crippen LogP contribution in [0.1, 0.15) is 54.0 Å². The van der Waals surface area contributed by atoms with Gasteiger partial charge in [0.25, 0.3) is 0 Å². The first-order valence-corrected chi connectivity index (χ1v) is 10.1. The SMILES string of the molecule is COC(=O)[C@H](C)N(C(=O)OC(C)(C)C)c1ccccc1-c1ccc(C(C)(C)C)cc1. The maximum absolute atomic E-state index is 13.1. The van der Waals surface area contributed by atoms with Crippen molar-refractivity contribution in [3.63, 3.8) is 0 Å². The average molecular weight is 412 g/mol. The van der Waals surface area contributed by atoms with E-state index in [9.17, 15) is 9.59 Å². The van der Waals surface area contributed by atoms with Crippen molar-refractivity contribution in [1.29, 1.82) is 0 Å². The van der Waals surface area contributed by atoms with Crippen molar-refractivity contribution in [3.8, 4) is 11.1 Å². The van der Waals surface area contributed by atoms with Crippen LogP contribution in [0.2, 0.25) is 0 Å². The highest BCUT2D eigenvalue weighted by Crippen LogP contribution is 2.34. The molecule has 0 heterocycles. The summed E-state index contributed by atoms with van der Waals surface area (Å²) >= 11 is 0. The van der Waals surface area contributed by atoms with Gasteiger partial charge in [0.2, 0.25) is 0 Å². The van der Waals surface area contributed by atoms with Crippen molar-refractivity contribution < 1.29 is 19.1 Å². The number of hydrogen-bond acceptors (Lipinski definition) is 4. The van der Waals surface area contributed by atoms with E-state index in [-0.39, 0.29) is 5.41 Å². The predicted octanol–water partition coefficient (Wildman–Crippen LogP) is 5.95. The fourth-order valence-corrected chi connectivity index (χ4v) is 3.13. The lowest BCUT2D eigenvalue weighted by atomic mass is 9.86. The molecule has 0 saturated heterocycles. The van der Waals surface area contributed by atoms with E-state index in [1.54, 1.807) is 27.7 Å². The maximum Gasteiger partial charge on any atom is 0.415 e. The standard InChI is InChI=1S/C25H33NO4/c1-17(22(27)29-8)26(23(28)30-25(5,6)7)21-12-10-9-11-20(21)18-13-15-19(16-14-18)24(2,3)4/h9-17H,1-8H3/t17-/m0/s1. The first kappa shape index (κ1) is 23.5. The van der Waals surface area contributed by atoms with Gasteiger partial charge in [-0.2, -0.15) is 0 Å². The van der Waals surface area contributed by atoms with Crippen molar-refractivity contribution in [1.82, 2.24) is 0 Å². The summed E-state index contributed by atoms with van der Waals surface area (Å²) in [4.78, 5) is 26.8. The summed E-state index contributed by atoms with van der Waals surface area (Å²) in [6.07, 6.45) is -0.598. The minimum absolute atomic E-state index is 0.0417. The molecule has 0 saturated carbocycles. The van der Waals surface area contributed by atoms with Crippen LogP contribution in [0.3, 0.4) is 0 Å². The highest BCUT2D eigenvalue weighted by molar-refractivity contribution is 5.99. The summed E-state index contributed by atoms with van der Waals surface area (Å²) in [5.41, 5.74) is 2.93. The van der Waals surface area contributed by atoms with Crippen LogP contribution in [0, 0.1) is 0 Å². The molecule has 0 unspecified atom stereocenters. The van der Waals surface area contributed by atoms with Crippen LogP contribution < -0.4 is 4.90 Å². The van der Waals surface area contributed by atoms with Gasteiger partial charge < -0.3 is 9.47 Å². The molecule has 0 bridgehead atoms. The summed E-state index contributed by atoms with van der Waals surface area (Å²) in [7, 11) is 1.31. The Labute approximate surface area is 180 Å². The number of hydrogen-bond donors (Lipinski definition) is 0. The van der Waals surface area contributed by atoms with Gasteiger partial charge in [0, 0.05) is 5.56 Å². The molecule has 1 atom stereocenters. The molecule has 0 spiro atoms. The van der Waals surface area contributed by atoms with Crippen LogP contribution in [-0.4, -0.2) is 30.8 Å². The summed E-state index contributed by atoms with van der Waals surface area (Å²) in [5.74, 6) is -0.515. The summed E-state index contributed by atoms with van der Waals surface area (Å²) in [5, 5.41) is 0. The van der Waals surface area contributed by atoms with Gasteiger partial charge in [-0.1, -0.05) is 63.2 Å². The van der Waals surface area contributed by atoms with E-state index in [0.717, 1.165) is 11.1 Å². The smallest absolute Gasteiger partial charge is 0.415 e. The Hall–Kier alpha value is -2.82. The van der Waals surface area contributed by atoms with Gasteiger partial charge in [0.1, 0.15) is 11.6 Å². The molecule has 162 valence electrons. The number of nitrogens with zero attached hydrogens (tertiary/aromatic N) is 1. The fraction of sp³-hybridized carbons (Fsp3) is 0.440. The van der Waals surface area contributed by atoms with E-state index < -0.39 is 23.7 Å². The topological polar surface area (TPSA) is 55.8 Å². The van der Waals surface area contributed by atoms with Crippen LogP contribution in [0.15, 0.2) is 48.5 Å². The molecular formula is C25H33NO4. The Morgan fingerprint density at radius 2 is 1.47 bits per heavy atom. The van der Waals surface area contributed by atoms with E-state index in [4.69, 9.17) is 9.47 Å². The zero-order valence-corrected chi connectivity index (χ0v) is 19.3. The van der Waals surface area contributed by atoms with E-state index >= 15 is 0 Å².